The van der Waals surface area contributed by atoms with Gasteiger partial charge in [-0.15, -0.1) is 0 Å². The molecular weight excluding hydrogens is 258 g/mol. The van der Waals surface area contributed by atoms with E-state index in [1.165, 1.54) is 0 Å². The van der Waals surface area contributed by atoms with Crippen LogP contribution in [0.15, 0.2) is 24.3 Å². The number of amides is 1. The van der Waals surface area contributed by atoms with Crippen LogP contribution in [-0.2, 0) is 4.79 Å². The second-order valence-electron chi connectivity index (χ2n) is 4.89. The number of fused-ring (bicyclic) bond motifs is 1. The molecule has 6 heteroatoms. The van der Waals surface area contributed by atoms with Gasteiger partial charge in [0.25, 0.3) is 0 Å². The van der Waals surface area contributed by atoms with Gasteiger partial charge in [-0.2, -0.15) is 0 Å². The SMILES string of the molecule is CN(C)CCC(=O)Nc1ccc2[nH]c(C(=O)O)cc2c1. The number of nitrogens with zero attached hydrogens (tertiary/aromatic N) is 1. The van der Waals surface area contributed by atoms with Crippen LogP contribution < -0.4 is 5.32 Å². The first-order valence-electron chi connectivity index (χ1n) is 6.26. The fraction of sp³-hybridized carbons (Fsp3) is 0.286. The van der Waals surface area contributed by atoms with Crippen molar-refractivity contribution in [2.24, 2.45) is 0 Å². The summed E-state index contributed by atoms with van der Waals surface area (Å²) in [6, 6.07) is 6.81. The zero-order valence-electron chi connectivity index (χ0n) is 11.4. The molecule has 1 aromatic heterocycles. The van der Waals surface area contributed by atoms with E-state index in [4.69, 9.17) is 5.11 Å². The number of carbonyl (C=O) groups is 2. The van der Waals surface area contributed by atoms with Crippen molar-refractivity contribution in [3.05, 3.63) is 30.0 Å². The molecular formula is C14H17N3O3. The molecule has 0 unspecified atom stereocenters. The number of hydrogen-bond acceptors (Lipinski definition) is 3. The average molecular weight is 275 g/mol. The van der Waals surface area contributed by atoms with Crippen LogP contribution in [0.1, 0.15) is 16.9 Å². The van der Waals surface area contributed by atoms with E-state index in [1.807, 2.05) is 19.0 Å². The molecule has 0 bridgehead atoms. The smallest absolute Gasteiger partial charge is 0.352 e. The summed E-state index contributed by atoms with van der Waals surface area (Å²) in [5.74, 6) is -1.06. The Bertz CT molecular complexity index is 646. The van der Waals surface area contributed by atoms with Gasteiger partial charge in [0.1, 0.15) is 5.69 Å². The summed E-state index contributed by atoms with van der Waals surface area (Å²) < 4.78 is 0. The molecule has 20 heavy (non-hydrogen) atoms. The molecule has 0 aliphatic heterocycles. The molecule has 0 saturated carbocycles. The lowest BCUT2D eigenvalue weighted by Gasteiger charge is -2.09. The second kappa shape index (κ2) is 5.75. The van der Waals surface area contributed by atoms with Crippen LogP contribution in [0, 0.1) is 0 Å². The number of hydrogen-bond donors (Lipinski definition) is 3. The van der Waals surface area contributed by atoms with Crippen LogP contribution in [0.4, 0.5) is 5.69 Å². The molecule has 0 spiro atoms. The molecule has 2 rings (SSSR count). The van der Waals surface area contributed by atoms with Crippen molar-refractivity contribution in [1.29, 1.82) is 0 Å². The Balaban J connectivity index is 2.11. The molecule has 1 amide bonds. The summed E-state index contributed by atoms with van der Waals surface area (Å²) in [7, 11) is 3.82. The Morgan fingerprint density at radius 3 is 2.70 bits per heavy atom. The van der Waals surface area contributed by atoms with E-state index in [-0.39, 0.29) is 11.6 Å². The lowest BCUT2D eigenvalue weighted by Crippen LogP contribution is -2.20. The highest BCUT2D eigenvalue weighted by Gasteiger charge is 2.09. The number of benzene rings is 1. The maximum atomic E-state index is 11.7. The first-order chi connectivity index (χ1) is 9.45. The van der Waals surface area contributed by atoms with E-state index >= 15 is 0 Å². The number of aromatic carboxylic acids is 1. The number of anilines is 1. The van der Waals surface area contributed by atoms with Gasteiger partial charge in [-0.3, -0.25) is 4.79 Å². The normalized spacial score (nSPS) is 10.9. The Hall–Kier alpha value is -2.34. The van der Waals surface area contributed by atoms with Crippen LogP contribution in [0.5, 0.6) is 0 Å². The summed E-state index contributed by atoms with van der Waals surface area (Å²) in [6.45, 7) is 0.682. The molecule has 0 atom stereocenters. The zero-order chi connectivity index (χ0) is 14.7. The maximum absolute atomic E-state index is 11.7. The Labute approximate surface area is 116 Å². The number of carbonyl (C=O) groups excluding carboxylic acids is 1. The van der Waals surface area contributed by atoms with Gasteiger partial charge in [-0.25, -0.2) is 4.79 Å². The highest BCUT2D eigenvalue weighted by molar-refractivity contribution is 5.97. The summed E-state index contributed by atoms with van der Waals surface area (Å²) in [5.41, 5.74) is 1.53. The van der Waals surface area contributed by atoms with E-state index in [1.54, 1.807) is 24.3 Å². The molecule has 3 N–H and O–H groups in total. The fourth-order valence-electron chi connectivity index (χ4n) is 1.87. The van der Waals surface area contributed by atoms with Gasteiger partial charge >= 0.3 is 5.97 Å². The maximum Gasteiger partial charge on any atom is 0.352 e. The van der Waals surface area contributed by atoms with Crippen LogP contribution in [0.2, 0.25) is 0 Å². The Kier molecular flexibility index (Phi) is 4.05. The third kappa shape index (κ3) is 3.36. The Morgan fingerprint density at radius 2 is 2.05 bits per heavy atom. The summed E-state index contributed by atoms with van der Waals surface area (Å²) in [5, 5.41) is 12.5. The number of carboxylic acid groups (broad SMARTS) is 1. The van der Waals surface area contributed by atoms with Gasteiger partial charge in [-0.05, 0) is 38.4 Å². The first-order valence-corrected chi connectivity index (χ1v) is 6.26. The number of nitrogens with one attached hydrogen (secondary N) is 2. The molecule has 6 nitrogen and oxygen atoms in total. The van der Waals surface area contributed by atoms with E-state index in [9.17, 15) is 9.59 Å². The number of H-pyrrole nitrogens is 1. The topological polar surface area (TPSA) is 85.4 Å². The van der Waals surface area contributed by atoms with E-state index < -0.39 is 5.97 Å². The molecule has 0 fully saturated rings. The highest BCUT2D eigenvalue weighted by atomic mass is 16.4. The number of rotatable bonds is 5. The lowest BCUT2D eigenvalue weighted by atomic mass is 10.2. The lowest BCUT2D eigenvalue weighted by molar-refractivity contribution is -0.116. The van der Waals surface area contributed by atoms with Crippen molar-refractivity contribution >= 4 is 28.5 Å². The van der Waals surface area contributed by atoms with Gasteiger partial charge in [0.2, 0.25) is 5.91 Å². The third-order valence-corrected chi connectivity index (χ3v) is 2.92. The predicted octanol–water partition coefficient (Wildman–Crippen LogP) is 1.76. The standard InChI is InChI=1S/C14H17N3O3/c1-17(2)6-5-13(18)15-10-3-4-11-9(7-10)8-12(16-11)14(19)20/h3-4,7-8,16H,5-6H2,1-2H3,(H,15,18)(H,19,20). The van der Waals surface area contributed by atoms with Crippen molar-refractivity contribution in [2.45, 2.75) is 6.42 Å². The summed E-state index contributed by atoms with van der Waals surface area (Å²) in [4.78, 5) is 27.3. The minimum Gasteiger partial charge on any atom is -0.477 e. The van der Waals surface area contributed by atoms with Crippen molar-refractivity contribution in [2.75, 3.05) is 26.0 Å². The van der Waals surface area contributed by atoms with Crippen molar-refractivity contribution in [3.63, 3.8) is 0 Å². The van der Waals surface area contributed by atoms with Crippen molar-refractivity contribution in [1.82, 2.24) is 9.88 Å². The van der Waals surface area contributed by atoms with E-state index in [0.717, 1.165) is 10.9 Å². The van der Waals surface area contributed by atoms with Crippen molar-refractivity contribution < 1.29 is 14.7 Å². The zero-order valence-corrected chi connectivity index (χ0v) is 11.4. The molecule has 1 aromatic carbocycles. The quantitative estimate of drug-likeness (QED) is 0.776. The van der Waals surface area contributed by atoms with Crippen LogP contribution in [0.3, 0.4) is 0 Å². The van der Waals surface area contributed by atoms with E-state index in [2.05, 4.69) is 10.3 Å². The fourth-order valence-corrected chi connectivity index (χ4v) is 1.87. The number of carboxylic acids is 1. The largest absolute Gasteiger partial charge is 0.477 e. The number of aromatic nitrogens is 1. The van der Waals surface area contributed by atoms with Crippen LogP contribution in [0.25, 0.3) is 10.9 Å². The molecule has 0 aliphatic rings. The molecule has 0 aliphatic carbocycles. The van der Waals surface area contributed by atoms with Gasteiger partial charge in [-0.1, -0.05) is 0 Å². The predicted molar refractivity (Wildman–Crippen MR) is 77.1 cm³/mol. The van der Waals surface area contributed by atoms with Gasteiger partial charge in [0.15, 0.2) is 0 Å². The van der Waals surface area contributed by atoms with Gasteiger partial charge in [0, 0.05) is 29.6 Å². The first kappa shape index (κ1) is 14.1. The summed E-state index contributed by atoms with van der Waals surface area (Å²) in [6.07, 6.45) is 0.415. The molecule has 0 saturated heterocycles. The molecule has 0 radical (unpaired) electrons. The summed E-state index contributed by atoms with van der Waals surface area (Å²) >= 11 is 0. The molecule has 1 heterocycles. The Morgan fingerprint density at radius 1 is 1.30 bits per heavy atom. The minimum absolute atomic E-state index is 0.0629. The van der Waals surface area contributed by atoms with Gasteiger partial charge in [0.05, 0.1) is 0 Å². The highest BCUT2D eigenvalue weighted by Crippen LogP contribution is 2.20. The third-order valence-electron chi connectivity index (χ3n) is 2.92. The molecule has 2 aromatic rings. The van der Waals surface area contributed by atoms with Gasteiger partial charge < -0.3 is 20.3 Å². The molecule has 106 valence electrons. The van der Waals surface area contributed by atoms with Crippen molar-refractivity contribution in [3.8, 4) is 0 Å². The second-order valence-corrected chi connectivity index (χ2v) is 4.89. The number of aromatic amines is 1. The monoisotopic (exact) mass is 275 g/mol. The minimum atomic E-state index is -1.00. The van der Waals surface area contributed by atoms with Crippen LogP contribution >= 0.6 is 0 Å². The van der Waals surface area contributed by atoms with E-state index in [0.29, 0.717) is 18.7 Å². The van der Waals surface area contributed by atoms with Crippen LogP contribution in [-0.4, -0.2) is 47.5 Å². The average Bonchev–Trinajstić information content (AvgIpc) is 2.79.